The molecule has 0 aliphatic carbocycles. The van der Waals surface area contributed by atoms with Crippen molar-refractivity contribution in [3.05, 3.63) is 18.0 Å². The second-order valence-corrected chi connectivity index (χ2v) is 2.94. The smallest absolute Gasteiger partial charge is 0.411 e. The van der Waals surface area contributed by atoms with Crippen molar-refractivity contribution in [2.75, 3.05) is 13.2 Å². The zero-order chi connectivity index (χ0) is 12.2. The fourth-order valence-corrected chi connectivity index (χ4v) is 0.946. The quantitative estimate of drug-likeness (QED) is 0.782. The van der Waals surface area contributed by atoms with Gasteiger partial charge in [0.15, 0.2) is 5.69 Å². The van der Waals surface area contributed by atoms with Crippen LogP contribution in [0.3, 0.4) is 0 Å². The summed E-state index contributed by atoms with van der Waals surface area (Å²) in [6.07, 6.45) is -2.99. The van der Waals surface area contributed by atoms with E-state index in [1.807, 2.05) is 0 Å². The number of ether oxygens (including phenoxy) is 1. The number of alkyl halides is 3. The molecule has 0 aliphatic heterocycles. The molecule has 0 saturated heterocycles. The predicted octanol–water partition coefficient (Wildman–Crippen LogP) is 1.16. The average Bonchev–Trinajstić information content (AvgIpc) is 2.59. The van der Waals surface area contributed by atoms with Gasteiger partial charge in [0.1, 0.15) is 6.61 Å². The minimum Gasteiger partial charge on any atom is -0.476 e. The fraction of sp³-hybridized carbons (Fsp3) is 0.500. The maximum absolute atomic E-state index is 11.7. The molecule has 0 fully saturated rings. The first-order valence-corrected chi connectivity index (χ1v) is 4.30. The van der Waals surface area contributed by atoms with E-state index in [-0.39, 0.29) is 18.8 Å². The third-order valence-electron chi connectivity index (χ3n) is 1.59. The molecule has 8 heteroatoms. The average molecular weight is 238 g/mol. The summed E-state index contributed by atoms with van der Waals surface area (Å²) in [5.74, 6) is -1.19. The highest BCUT2D eigenvalue weighted by Gasteiger charge is 2.27. The van der Waals surface area contributed by atoms with Crippen molar-refractivity contribution < 1.29 is 27.8 Å². The summed E-state index contributed by atoms with van der Waals surface area (Å²) in [5.41, 5.74) is -0.157. The Morgan fingerprint density at radius 2 is 2.25 bits per heavy atom. The molecular weight excluding hydrogens is 229 g/mol. The maximum atomic E-state index is 11.7. The summed E-state index contributed by atoms with van der Waals surface area (Å²) in [7, 11) is 0. The van der Waals surface area contributed by atoms with Gasteiger partial charge in [-0.15, -0.1) is 0 Å². The maximum Gasteiger partial charge on any atom is 0.411 e. The Bertz CT molecular complexity index is 362. The zero-order valence-electron chi connectivity index (χ0n) is 8.07. The molecule has 1 rings (SSSR count). The first-order valence-electron chi connectivity index (χ1n) is 4.30. The van der Waals surface area contributed by atoms with E-state index >= 15 is 0 Å². The largest absolute Gasteiger partial charge is 0.476 e. The van der Waals surface area contributed by atoms with Crippen LogP contribution < -0.4 is 0 Å². The molecule has 0 bridgehead atoms. The van der Waals surface area contributed by atoms with Crippen molar-refractivity contribution in [2.24, 2.45) is 0 Å². The minimum atomic E-state index is -4.35. The van der Waals surface area contributed by atoms with Crippen LogP contribution >= 0.6 is 0 Å². The molecule has 1 N–H and O–H groups in total. The van der Waals surface area contributed by atoms with Crippen LogP contribution in [0.15, 0.2) is 12.3 Å². The lowest BCUT2D eigenvalue weighted by Gasteiger charge is -2.07. The van der Waals surface area contributed by atoms with Crippen molar-refractivity contribution in [3.63, 3.8) is 0 Å². The van der Waals surface area contributed by atoms with Crippen LogP contribution in [0, 0.1) is 0 Å². The van der Waals surface area contributed by atoms with Crippen LogP contribution in [0.25, 0.3) is 0 Å². The monoisotopic (exact) mass is 238 g/mol. The normalized spacial score (nSPS) is 11.7. The lowest BCUT2D eigenvalue weighted by Crippen LogP contribution is -2.19. The van der Waals surface area contributed by atoms with E-state index < -0.39 is 18.8 Å². The molecular formula is C8H9F3N2O3. The van der Waals surface area contributed by atoms with Gasteiger partial charge in [-0.1, -0.05) is 0 Å². The topological polar surface area (TPSA) is 64.3 Å². The lowest BCUT2D eigenvalue weighted by molar-refractivity contribution is -0.174. The van der Waals surface area contributed by atoms with Gasteiger partial charge in [-0.25, -0.2) is 4.79 Å². The molecule has 1 aromatic rings. The van der Waals surface area contributed by atoms with E-state index in [0.717, 1.165) is 0 Å². The van der Waals surface area contributed by atoms with Gasteiger partial charge in [-0.2, -0.15) is 18.3 Å². The molecule has 5 nitrogen and oxygen atoms in total. The number of hydrogen-bond acceptors (Lipinski definition) is 3. The van der Waals surface area contributed by atoms with Crippen molar-refractivity contribution in [2.45, 2.75) is 12.7 Å². The Balaban J connectivity index is 2.30. The summed E-state index contributed by atoms with van der Waals surface area (Å²) in [4.78, 5) is 10.4. The second-order valence-electron chi connectivity index (χ2n) is 2.94. The van der Waals surface area contributed by atoms with Gasteiger partial charge in [0.25, 0.3) is 0 Å². The summed E-state index contributed by atoms with van der Waals surface area (Å²) >= 11 is 0. The summed E-state index contributed by atoms with van der Waals surface area (Å²) in [6.45, 7) is -1.43. The van der Waals surface area contributed by atoms with Gasteiger partial charge in [-0.05, 0) is 6.07 Å². The number of rotatable bonds is 5. The number of halogens is 3. The highest BCUT2D eigenvalue weighted by atomic mass is 19.4. The van der Waals surface area contributed by atoms with Crippen molar-refractivity contribution >= 4 is 5.97 Å². The van der Waals surface area contributed by atoms with Crippen molar-refractivity contribution in [1.29, 1.82) is 0 Å². The Morgan fingerprint density at radius 1 is 1.56 bits per heavy atom. The number of carboxylic acid groups (broad SMARTS) is 1. The van der Waals surface area contributed by atoms with E-state index in [0.29, 0.717) is 0 Å². The SMILES string of the molecule is O=C(O)c1ccn(CCOCC(F)(F)F)n1. The lowest BCUT2D eigenvalue weighted by atomic mass is 10.5. The Hall–Kier alpha value is -1.57. The van der Waals surface area contributed by atoms with E-state index in [4.69, 9.17) is 5.11 Å². The van der Waals surface area contributed by atoms with Crippen LogP contribution in [0.1, 0.15) is 10.5 Å². The molecule has 0 unspecified atom stereocenters. The van der Waals surface area contributed by atoms with Crippen LogP contribution in [0.5, 0.6) is 0 Å². The van der Waals surface area contributed by atoms with Gasteiger partial charge < -0.3 is 9.84 Å². The van der Waals surface area contributed by atoms with E-state index in [9.17, 15) is 18.0 Å². The molecule has 90 valence electrons. The number of carbonyl (C=O) groups is 1. The molecule has 0 spiro atoms. The molecule has 0 atom stereocenters. The van der Waals surface area contributed by atoms with E-state index in [2.05, 4.69) is 9.84 Å². The highest BCUT2D eigenvalue weighted by molar-refractivity contribution is 5.84. The molecule has 16 heavy (non-hydrogen) atoms. The van der Waals surface area contributed by atoms with Crippen molar-refractivity contribution in [1.82, 2.24) is 9.78 Å². The molecule has 0 amide bonds. The molecule has 0 radical (unpaired) electrons. The molecule has 0 aromatic carbocycles. The van der Waals surface area contributed by atoms with Crippen LogP contribution in [-0.4, -0.2) is 40.2 Å². The summed E-state index contributed by atoms with van der Waals surface area (Å²) in [5, 5.41) is 12.1. The van der Waals surface area contributed by atoms with Gasteiger partial charge in [0, 0.05) is 6.20 Å². The van der Waals surface area contributed by atoms with Gasteiger partial charge in [-0.3, -0.25) is 4.68 Å². The third-order valence-corrected chi connectivity index (χ3v) is 1.59. The minimum absolute atomic E-state index is 0.0728. The molecule has 0 saturated carbocycles. The second kappa shape index (κ2) is 4.97. The van der Waals surface area contributed by atoms with Gasteiger partial charge in [0.2, 0.25) is 0 Å². The standard InChI is InChI=1S/C8H9F3N2O3/c9-8(10,11)5-16-4-3-13-2-1-6(12-13)7(14)15/h1-2H,3-5H2,(H,14,15). The Labute approximate surface area is 88.4 Å². The number of aromatic carboxylic acids is 1. The van der Waals surface area contributed by atoms with Gasteiger partial charge in [0.05, 0.1) is 13.2 Å². The summed E-state index contributed by atoms with van der Waals surface area (Å²) < 4.78 is 40.5. The fourth-order valence-electron chi connectivity index (χ4n) is 0.946. The van der Waals surface area contributed by atoms with Crippen LogP contribution in [0.2, 0.25) is 0 Å². The Kier molecular flexibility index (Phi) is 3.88. The molecule has 0 aliphatic rings. The molecule has 1 aromatic heterocycles. The van der Waals surface area contributed by atoms with E-state index in [1.54, 1.807) is 0 Å². The zero-order valence-corrected chi connectivity index (χ0v) is 8.07. The van der Waals surface area contributed by atoms with Crippen LogP contribution in [-0.2, 0) is 11.3 Å². The summed E-state index contributed by atoms with van der Waals surface area (Å²) in [6, 6.07) is 1.26. The number of hydrogen-bond donors (Lipinski definition) is 1. The number of nitrogens with zero attached hydrogens (tertiary/aromatic N) is 2. The first-order chi connectivity index (χ1) is 7.38. The predicted molar refractivity (Wildman–Crippen MR) is 46.1 cm³/mol. The van der Waals surface area contributed by atoms with Crippen LogP contribution in [0.4, 0.5) is 13.2 Å². The number of carboxylic acids is 1. The van der Waals surface area contributed by atoms with Gasteiger partial charge >= 0.3 is 12.1 Å². The van der Waals surface area contributed by atoms with E-state index in [1.165, 1.54) is 16.9 Å². The molecule has 1 heterocycles. The number of aromatic nitrogens is 2. The third kappa shape index (κ3) is 4.30. The highest BCUT2D eigenvalue weighted by Crippen LogP contribution is 2.14. The Morgan fingerprint density at radius 3 is 2.75 bits per heavy atom. The van der Waals surface area contributed by atoms with Crippen molar-refractivity contribution in [3.8, 4) is 0 Å². The first kappa shape index (κ1) is 12.5.